The van der Waals surface area contributed by atoms with Gasteiger partial charge in [0.05, 0.1) is 12.1 Å². The van der Waals surface area contributed by atoms with Crippen molar-refractivity contribution >= 4 is 5.91 Å². The van der Waals surface area contributed by atoms with Crippen LogP contribution in [0.2, 0.25) is 0 Å². The molecule has 0 saturated carbocycles. The third kappa shape index (κ3) is 2.59. The van der Waals surface area contributed by atoms with E-state index in [2.05, 4.69) is 15.3 Å². The van der Waals surface area contributed by atoms with E-state index in [0.717, 1.165) is 11.4 Å². The molecule has 100 valence electrons. The van der Waals surface area contributed by atoms with Crippen LogP contribution in [0.5, 0.6) is 0 Å². The lowest BCUT2D eigenvalue weighted by Crippen LogP contribution is -2.25. The Bertz CT molecular complexity index is 668. The molecule has 2 heterocycles. The van der Waals surface area contributed by atoms with Crippen molar-refractivity contribution in [2.75, 3.05) is 0 Å². The molecular weight excluding hydrogens is 242 g/mol. The smallest absolute Gasteiger partial charge is 0.253 e. The summed E-state index contributed by atoms with van der Waals surface area (Å²) in [5.41, 5.74) is 3.51. The number of hydrogen-bond acceptors (Lipinski definition) is 2. The van der Waals surface area contributed by atoms with Crippen molar-refractivity contribution in [2.24, 2.45) is 0 Å². The molecule has 0 unspecified atom stereocenters. The molecule has 2 aromatic rings. The van der Waals surface area contributed by atoms with E-state index in [-0.39, 0.29) is 11.3 Å². The van der Waals surface area contributed by atoms with Gasteiger partial charge in [0.2, 0.25) is 0 Å². The van der Waals surface area contributed by atoms with E-state index in [1.54, 1.807) is 32.3 Å². The molecule has 0 saturated heterocycles. The highest BCUT2D eigenvalue weighted by molar-refractivity contribution is 5.95. The molecule has 1 amide bonds. The molecule has 2 aromatic heterocycles. The van der Waals surface area contributed by atoms with Gasteiger partial charge in [-0.2, -0.15) is 0 Å². The minimum Gasteiger partial charge on any atom is -0.365 e. The third-order valence-electron chi connectivity index (χ3n) is 3.24. The predicted octanol–water partition coefficient (Wildman–Crippen LogP) is 1.56. The molecule has 0 aromatic carbocycles. The van der Waals surface area contributed by atoms with Crippen molar-refractivity contribution in [3.63, 3.8) is 0 Å². The Labute approximate surface area is 111 Å². The van der Waals surface area contributed by atoms with Gasteiger partial charge >= 0.3 is 0 Å². The number of rotatable bonds is 3. The Morgan fingerprint density at radius 1 is 1.26 bits per heavy atom. The molecule has 2 rings (SSSR count). The molecule has 0 spiro atoms. The number of amides is 1. The summed E-state index contributed by atoms with van der Waals surface area (Å²) in [4.78, 5) is 29.7. The SMILES string of the molecule is Cc1[nH]ccc1C(=O)NCc1[nH]cc(C)c(=O)c1C. The normalized spacial score (nSPS) is 10.5. The summed E-state index contributed by atoms with van der Waals surface area (Å²) >= 11 is 0. The van der Waals surface area contributed by atoms with E-state index in [0.29, 0.717) is 23.2 Å². The maximum absolute atomic E-state index is 11.9. The molecule has 0 aliphatic heterocycles. The summed E-state index contributed by atoms with van der Waals surface area (Å²) in [6.45, 7) is 5.67. The zero-order chi connectivity index (χ0) is 14.0. The molecule has 0 aliphatic rings. The summed E-state index contributed by atoms with van der Waals surface area (Å²) in [6.07, 6.45) is 3.39. The number of hydrogen-bond donors (Lipinski definition) is 3. The van der Waals surface area contributed by atoms with Crippen LogP contribution in [0.4, 0.5) is 0 Å². The van der Waals surface area contributed by atoms with Crippen molar-refractivity contribution in [1.82, 2.24) is 15.3 Å². The van der Waals surface area contributed by atoms with Gasteiger partial charge in [0.1, 0.15) is 0 Å². The van der Waals surface area contributed by atoms with Crippen LogP contribution in [0.25, 0.3) is 0 Å². The number of carbonyl (C=O) groups is 1. The minimum absolute atomic E-state index is 0.0147. The average Bonchev–Trinajstić information content (AvgIpc) is 2.81. The molecule has 3 N–H and O–H groups in total. The lowest BCUT2D eigenvalue weighted by molar-refractivity contribution is 0.0950. The van der Waals surface area contributed by atoms with Gasteiger partial charge in [-0.1, -0.05) is 0 Å². The topological polar surface area (TPSA) is 77.8 Å². The fourth-order valence-corrected chi connectivity index (χ4v) is 1.95. The van der Waals surface area contributed by atoms with Gasteiger partial charge in [-0.25, -0.2) is 0 Å². The number of aryl methyl sites for hydroxylation is 2. The first-order valence-corrected chi connectivity index (χ1v) is 6.10. The molecule has 0 aliphatic carbocycles. The van der Waals surface area contributed by atoms with Gasteiger partial charge < -0.3 is 15.3 Å². The quantitative estimate of drug-likeness (QED) is 0.782. The van der Waals surface area contributed by atoms with Crippen LogP contribution in [0.1, 0.15) is 32.9 Å². The molecule has 0 bridgehead atoms. The Kier molecular flexibility index (Phi) is 3.55. The summed E-state index contributed by atoms with van der Waals surface area (Å²) in [5, 5.41) is 2.80. The second kappa shape index (κ2) is 5.14. The van der Waals surface area contributed by atoms with E-state index < -0.39 is 0 Å². The van der Waals surface area contributed by atoms with Gasteiger partial charge in [0.15, 0.2) is 5.43 Å². The molecule has 5 nitrogen and oxygen atoms in total. The number of H-pyrrole nitrogens is 2. The predicted molar refractivity (Wildman–Crippen MR) is 73.2 cm³/mol. The first kappa shape index (κ1) is 13.1. The Morgan fingerprint density at radius 3 is 2.63 bits per heavy atom. The number of aromatic nitrogens is 2. The maximum Gasteiger partial charge on any atom is 0.253 e. The highest BCUT2D eigenvalue weighted by atomic mass is 16.1. The van der Waals surface area contributed by atoms with E-state index in [1.807, 2.05) is 6.92 Å². The van der Waals surface area contributed by atoms with Gasteiger partial charge in [-0.3, -0.25) is 9.59 Å². The lowest BCUT2D eigenvalue weighted by Gasteiger charge is -2.08. The molecule has 19 heavy (non-hydrogen) atoms. The van der Waals surface area contributed by atoms with Gasteiger partial charge in [-0.05, 0) is 26.8 Å². The number of carbonyl (C=O) groups excluding carboxylic acids is 1. The maximum atomic E-state index is 11.9. The van der Waals surface area contributed by atoms with Gasteiger partial charge in [-0.15, -0.1) is 0 Å². The zero-order valence-electron chi connectivity index (χ0n) is 11.3. The fourth-order valence-electron chi connectivity index (χ4n) is 1.95. The molecule has 0 fully saturated rings. The monoisotopic (exact) mass is 259 g/mol. The Hall–Kier alpha value is -2.30. The first-order chi connectivity index (χ1) is 9.00. The first-order valence-electron chi connectivity index (χ1n) is 6.10. The minimum atomic E-state index is -0.153. The molecular formula is C14H17N3O2. The van der Waals surface area contributed by atoms with Crippen molar-refractivity contribution < 1.29 is 4.79 Å². The third-order valence-corrected chi connectivity index (χ3v) is 3.24. The van der Waals surface area contributed by atoms with Crippen LogP contribution in [-0.2, 0) is 6.54 Å². The average molecular weight is 259 g/mol. The standard InChI is InChI=1S/C14H17N3O2/c1-8-6-16-12(9(2)13(8)18)7-17-14(19)11-4-5-15-10(11)3/h4-6,15H,7H2,1-3H3,(H,16,18)(H,17,19). The van der Waals surface area contributed by atoms with Crippen molar-refractivity contribution in [3.05, 3.63) is 56.8 Å². The van der Waals surface area contributed by atoms with Crippen molar-refractivity contribution in [2.45, 2.75) is 27.3 Å². The fraction of sp³-hybridized carbons (Fsp3) is 0.286. The van der Waals surface area contributed by atoms with Crippen LogP contribution in [0.15, 0.2) is 23.3 Å². The van der Waals surface area contributed by atoms with Gasteiger partial charge in [0.25, 0.3) is 5.91 Å². The second-order valence-corrected chi connectivity index (χ2v) is 4.60. The Balaban J connectivity index is 2.12. The van der Waals surface area contributed by atoms with Crippen LogP contribution in [0, 0.1) is 20.8 Å². The van der Waals surface area contributed by atoms with E-state index >= 15 is 0 Å². The van der Waals surface area contributed by atoms with Crippen molar-refractivity contribution in [1.29, 1.82) is 0 Å². The highest BCUT2D eigenvalue weighted by Crippen LogP contribution is 2.06. The number of pyridine rings is 1. The second-order valence-electron chi connectivity index (χ2n) is 4.60. The molecule has 5 heteroatoms. The summed E-state index contributed by atoms with van der Waals surface area (Å²) in [7, 11) is 0. The highest BCUT2D eigenvalue weighted by Gasteiger charge is 2.11. The van der Waals surface area contributed by atoms with Crippen LogP contribution >= 0.6 is 0 Å². The zero-order valence-corrected chi connectivity index (χ0v) is 11.3. The van der Waals surface area contributed by atoms with Crippen LogP contribution in [0.3, 0.4) is 0 Å². The summed E-state index contributed by atoms with van der Waals surface area (Å²) in [6, 6.07) is 1.73. The van der Waals surface area contributed by atoms with Gasteiger partial charge in [0, 0.05) is 34.9 Å². The van der Waals surface area contributed by atoms with E-state index in [1.165, 1.54) is 0 Å². The lowest BCUT2D eigenvalue weighted by atomic mass is 10.1. The van der Waals surface area contributed by atoms with E-state index in [9.17, 15) is 9.59 Å². The summed E-state index contributed by atoms with van der Waals surface area (Å²) < 4.78 is 0. The number of aromatic amines is 2. The number of nitrogens with one attached hydrogen (secondary N) is 3. The molecule has 0 radical (unpaired) electrons. The van der Waals surface area contributed by atoms with Crippen molar-refractivity contribution in [3.8, 4) is 0 Å². The van der Waals surface area contributed by atoms with Crippen LogP contribution in [-0.4, -0.2) is 15.9 Å². The Morgan fingerprint density at radius 2 is 2.00 bits per heavy atom. The van der Waals surface area contributed by atoms with Crippen LogP contribution < -0.4 is 10.7 Å². The van der Waals surface area contributed by atoms with E-state index in [4.69, 9.17) is 0 Å². The largest absolute Gasteiger partial charge is 0.365 e. The molecule has 0 atom stereocenters. The summed E-state index contributed by atoms with van der Waals surface area (Å²) in [5.74, 6) is -0.153.